The highest BCUT2D eigenvalue weighted by Crippen LogP contribution is 2.21. The Hall–Kier alpha value is -3.32. The van der Waals surface area contributed by atoms with E-state index in [4.69, 9.17) is 11.1 Å². The van der Waals surface area contributed by atoms with Crippen LogP contribution in [0.4, 0.5) is 0 Å². The van der Waals surface area contributed by atoms with Crippen LogP contribution in [0.15, 0.2) is 60.0 Å². The van der Waals surface area contributed by atoms with Gasteiger partial charge < -0.3 is 11.1 Å². The van der Waals surface area contributed by atoms with E-state index in [9.17, 15) is 9.59 Å². The molecule has 1 aromatic heterocycles. The summed E-state index contributed by atoms with van der Waals surface area (Å²) in [5.41, 5.74) is 8.76. The van der Waals surface area contributed by atoms with E-state index in [0.717, 1.165) is 16.8 Å². The highest BCUT2D eigenvalue weighted by Gasteiger charge is 2.19. The van der Waals surface area contributed by atoms with Gasteiger partial charge in [0.2, 0.25) is 0 Å². The summed E-state index contributed by atoms with van der Waals surface area (Å²) in [5.74, 6) is -0.376. The van der Waals surface area contributed by atoms with Gasteiger partial charge in [-0.05, 0) is 18.9 Å². The lowest BCUT2D eigenvalue weighted by atomic mass is 10.0. The number of aryl methyl sites for hydroxylation is 1. The maximum Gasteiger partial charge on any atom is 0.280 e. The molecule has 4 N–H and O–H groups in total. The topological polar surface area (TPSA) is 109 Å². The van der Waals surface area contributed by atoms with Crippen molar-refractivity contribution in [3.05, 3.63) is 76.1 Å². The van der Waals surface area contributed by atoms with Crippen molar-refractivity contribution in [1.29, 1.82) is 5.41 Å². The van der Waals surface area contributed by atoms with Crippen molar-refractivity contribution in [3.63, 3.8) is 0 Å². The molecule has 3 aromatic rings. The van der Waals surface area contributed by atoms with Crippen LogP contribution in [-0.4, -0.2) is 28.6 Å². The number of nitrogens with one attached hydrogen (secondary N) is 2. The summed E-state index contributed by atoms with van der Waals surface area (Å²) in [5, 5.41) is 12.3. The number of ketones is 1. The molecule has 0 aliphatic heterocycles. The number of amidine groups is 1. The highest BCUT2D eigenvalue weighted by atomic mass is 32.1. The normalized spacial score (nSPS) is 11.6. The van der Waals surface area contributed by atoms with E-state index in [1.165, 1.54) is 11.3 Å². The molecule has 1 atom stereocenters. The molecule has 0 fully saturated rings. The molecule has 3 rings (SSSR count). The van der Waals surface area contributed by atoms with Crippen molar-refractivity contribution < 1.29 is 9.59 Å². The summed E-state index contributed by atoms with van der Waals surface area (Å²) in [4.78, 5) is 29.2. The second kappa shape index (κ2) is 9.25. The Balaban J connectivity index is 1.53. The summed E-state index contributed by atoms with van der Waals surface area (Å²) in [6, 6.07) is 16.3. The first-order valence-electron chi connectivity index (χ1n) is 9.22. The number of nitrogens with two attached hydrogens (primary N) is 1. The van der Waals surface area contributed by atoms with Crippen molar-refractivity contribution in [2.45, 2.75) is 25.8 Å². The Bertz CT molecular complexity index is 1010. The number of amides is 1. The Kier molecular flexibility index (Phi) is 6.51. The summed E-state index contributed by atoms with van der Waals surface area (Å²) in [7, 11) is 0. The molecule has 1 heterocycles. The summed E-state index contributed by atoms with van der Waals surface area (Å²) < 4.78 is 0. The van der Waals surface area contributed by atoms with E-state index < -0.39 is 6.04 Å². The van der Waals surface area contributed by atoms with Crippen LogP contribution in [0.25, 0.3) is 11.3 Å². The minimum atomic E-state index is -0.594. The molecule has 0 bridgehead atoms. The lowest BCUT2D eigenvalue weighted by Crippen LogP contribution is -2.38. The number of rotatable bonds is 8. The van der Waals surface area contributed by atoms with E-state index in [-0.39, 0.29) is 17.5 Å². The maximum atomic E-state index is 12.4. The number of benzene rings is 2. The molecule has 6 nitrogen and oxygen atoms in total. The number of aromatic nitrogens is 1. The first kappa shape index (κ1) is 20.4. The fourth-order valence-corrected chi connectivity index (χ4v) is 3.52. The van der Waals surface area contributed by atoms with E-state index in [0.29, 0.717) is 23.4 Å². The number of carbonyl (C=O) groups is 2. The molecular weight excluding hydrogens is 384 g/mol. The molecule has 0 saturated carbocycles. The minimum absolute atomic E-state index is 0.0153. The van der Waals surface area contributed by atoms with E-state index in [1.54, 1.807) is 19.1 Å². The number of nitrogens with zero attached hydrogens (tertiary/aromatic N) is 1. The molecule has 0 aliphatic carbocycles. The predicted molar refractivity (Wildman–Crippen MR) is 115 cm³/mol. The zero-order valence-electron chi connectivity index (χ0n) is 16.0. The van der Waals surface area contributed by atoms with E-state index in [1.807, 2.05) is 47.8 Å². The van der Waals surface area contributed by atoms with Crippen LogP contribution in [0, 0.1) is 5.41 Å². The summed E-state index contributed by atoms with van der Waals surface area (Å²) in [6.45, 7) is 1.69. The Labute approximate surface area is 173 Å². The fourth-order valence-electron chi connectivity index (χ4n) is 2.79. The van der Waals surface area contributed by atoms with Crippen LogP contribution < -0.4 is 11.1 Å². The molecule has 0 spiro atoms. The monoisotopic (exact) mass is 406 g/mol. The zero-order valence-corrected chi connectivity index (χ0v) is 16.8. The van der Waals surface area contributed by atoms with Gasteiger partial charge in [-0.15, -0.1) is 11.3 Å². The molecule has 7 heteroatoms. The van der Waals surface area contributed by atoms with E-state index in [2.05, 4.69) is 10.3 Å². The van der Waals surface area contributed by atoms with Crippen LogP contribution in [0.3, 0.4) is 0 Å². The second-order valence-corrected chi connectivity index (χ2v) is 7.53. The first-order chi connectivity index (χ1) is 13.9. The fraction of sp³-hybridized carbons (Fsp3) is 0.182. The summed E-state index contributed by atoms with van der Waals surface area (Å²) >= 11 is 1.26. The van der Waals surface area contributed by atoms with Gasteiger partial charge in [0.05, 0.1) is 11.7 Å². The first-order valence-corrected chi connectivity index (χ1v) is 10.1. The molecular formula is C22H22N4O2S. The van der Waals surface area contributed by atoms with Gasteiger partial charge in [-0.2, -0.15) is 0 Å². The van der Waals surface area contributed by atoms with Crippen molar-refractivity contribution in [2.75, 3.05) is 0 Å². The Morgan fingerprint density at radius 3 is 2.48 bits per heavy atom. The third kappa shape index (κ3) is 5.36. The number of hydrogen-bond acceptors (Lipinski definition) is 5. The smallest absolute Gasteiger partial charge is 0.280 e. The second-order valence-electron chi connectivity index (χ2n) is 6.68. The molecule has 29 heavy (non-hydrogen) atoms. The average molecular weight is 407 g/mol. The lowest BCUT2D eigenvalue weighted by molar-refractivity contribution is -0.120. The number of nitrogen functional groups attached to an aromatic ring is 1. The van der Waals surface area contributed by atoms with Crippen molar-refractivity contribution in [1.82, 2.24) is 10.3 Å². The van der Waals surface area contributed by atoms with Gasteiger partial charge in [-0.3, -0.25) is 15.0 Å². The van der Waals surface area contributed by atoms with Crippen molar-refractivity contribution in [3.8, 4) is 11.3 Å². The van der Waals surface area contributed by atoms with Crippen molar-refractivity contribution in [2.24, 2.45) is 5.73 Å². The largest absolute Gasteiger partial charge is 0.384 e. The standard InChI is InChI=1S/C22H22N4O2S/c1-14(19(27)12-9-15-7-10-17(11-8-15)20(23)24)25-21(28)22-26-18(13-29-22)16-5-3-2-4-6-16/h2-8,10-11,13-14H,9,12H2,1H3,(H3,23,24)(H,25,28)/t14-/m0/s1. The van der Waals surface area contributed by atoms with Crippen LogP contribution in [0.1, 0.15) is 34.3 Å². The maximum absolute atomic E-state index is 12.4. The van der Waals surface area contributed by atoms with Crippen LogP contribution >= 0.6 is 11.3 Å². The van der Waals surface area contributed by atoms with Gasteiger partial charge in [0.15, 0.2) is 10.8 Å². The van der Waals surface area contributed by atoms with Gasteiger partial charge >= 0.3 is 0 Å². The number of hydrogen-bond donors (Lipinski definition) is 3. The van der Waals surface area contributed by atoms with Gasteiger partial charge in [-0.1, -0.05) is 54.6 Å². The molecule has 0 unspecified atom stereocenters. The lowest BCUT2D eigenvalue weighted by Gasteiger charge is -2.12. The predicted octanol–water partition coefficient (Wildman–Crippen LogP) is 3.41. The molecule has 2 aromatic carbocycles. The van der Waals surface area contributed by atoms with Gasteiger partial charge in [0.25, 0.3) is 5.91 Å². The molecule has 1 amide bonds. The quantitative estimate of drug-likeness (QED) is 0.393. The zero-order chi connectivity index (χ0) is 20.8. The van der Waals surface area contributed by atoms with Crippen LogP contribution in [0.2, 0.25) is 0 Å². The molecule has 0 aliphatic rings. The highest BCUT2D eigenvalue weighted by molar-refractivity contribution is 7.12. The van der Waals surface area contributed by atoms with E-state index >= 15 is 0 Å². The Morgan fingerprint density at radius 2 is 1.83 bits per heavy atom. The molecule has 0 radical (unpaired) electrons. The molecule has 148 valence electrons. The summed E-state index contributed by atoms with van der Waals surface area (Å²) in [6.07, 6.45) is 0.876. The third-order valence-electron chi connectivity index (χ3n) is 4.52. The molecule has 0 saturated heterocycles. The number of carbonyl (C=O) groups excluding carboxylic acids is 2. The van der Waals surface area contributed by atoms with Gasteiger partial charge in [0, 0.05) is 22.9 Å². The minimum Gasteiger partial charge on any atom is -0.384 e. The number of Topliss-reactive ketones (excluding diaryl/α,β-unsaturated/α-hetero) is 1. The average Bonchev–Trinajstić information content (AvgIpc) is 3.23. The van der Waals surface area contributed by atoms with Gasteiger partial charge in [-0.25, -0.2) is 4.98 Å². The number of thiazole rings is 1. The SMILES string of the molecule is C[C@H](NC(=O)c1nc(-c2ccccc2)cs1)C(=O)CCc1ccc(C(=N)N)cc1. The van der Waals surface area contributed by atoms with Crippen molar-refractivity contribution >= 4 is 28.9 Å². The van der Waals surface area contributed by atoms with Crippen LogP contribution in [-0.2, 0) is 11.2 Å². The third-order valence-corrected chi connectivity index (χ3v) is 5.36. The van der Waals surface area contributed by atoms with Gasteiger partial charge in [0.1, 0.15) is 5.84 Å². The Morgan fingerprint density at radius 1 is 1.14 bits per heavy atom. The van der Waals surface area contributed by atoms with Crippen LogP contribution in [0.5, 0.6) is 0 Å².